The molecule has 0 saturated carbocycles. The van der Waals surface area contributed by atoms with Crippen molar-refractivity contribution in [1.82, 2.24) is 10.2 Å². The monoisotopic (exact) mass is 423 g/mol. The second kappa shape index (κ2) is 9.54. The molecule has 0 aliphatic heterocycles. The highest BCUT2D eigenvalue weighted by Crippen LogP contribution is 2.32. The Morgan fingerprint density at radius 1 is 1.24 bits per heavy atom. The predicted octanol–water partition coefficient (Wildman–Crippen LogP) is 5.14. The lowest BCUT2D eigenvalue weighted by molar-refractivity contribution is -0.115. The summed E-state index contributed by atoms with van der Waals surface area (Å²) in [6.07, 6.45) is 0.922. The standard InChI is InChI=1S/C21H21N5OS2/c1-4-15-10-7-8-13(2)18(15)24-20-25-26-21(29-20)28-14(3)19(27)23-17-11-6-5-9-16(17)12-22/h5-11,14H,4H2,1-3H3,(H,23,27)(H,24,25). The van der Waals surface area contributed by atoms with Crippen LogP contribution in [-0.4, -0.2) is 21.4 Å². The van der Waals surface area contributed by atoms with E-state index in [1.165, 1.54) is 28.7 Å². The van der Waals surface area contributed by atoms with Gasteiger partial charge in [-0.15, -0.1) is 10.2 Å². The van der Waals surface area contributed by atoms with Crippen LogP contribution in [0, 0.1) is 18.3 Å². The molecule has 8 heteroatoms. The van der Waals surface area contributed by atoms with Crippen molar-refractivity contribution >= 4 is 45.5 Å². The van der Waals surface area contributed by atoms with Gasteiger partial charge in [0.2, 0.25) is 11.0 Å². The predicted molar refractivity (Wildman–Crippen MR) is 119 cm³/mol. The molecular weight excluding hydrogens is 402 g/mol. The average Bonchev–Trinajstić information content (AvgIpc) is 3.16. The molecule has 0 bridgehead atoms. The van der Waals surface area contributed by atoms with Gasteiger partial charge in [0.1, 0.15) is 6.07 Å². The number of aryl methyl sites for hydroxylation is 2. The Morgan fingerprint density at radius 2 is 2.03 bits per heavy atom. The topological polar surface area (TPSA) is 90.7 Å². The van der Waals surface area contributed by atoms with Crippen molar-refractivity contribution in [1.29, 1.82) is 5.26 Å². The molecule has 2 aromatic carbocycles. The number of benzene rings is 2. The number of nitrogens with zero attached hydrogens (tertiary/aromatic N) is 3. The van der Waals surface area contributed by atoms with Crippen molar-refractivity contribution in [3.63, 3.8) is 0 Å². The third-order valence-electron chi connectivity index (χ3n) is 4.33. The van der Waals surface area contributed by atoms with Crippen molar-refractivity contribution < 1.29 is 4.79 Å². The summed E-state index contributed by atoms with van der Waals surface area (Å²) in [7, 11) is 0. The summed E-state index contributed by atoms with van der Waals surface area (Å²) in [6.45, 7) is 5.98. The third kappa shape index (κ3) is 5.13. The molecule has 148 valence electrons. The van der Waals surface area contributed by atoms with Gasteiger partial charge >= 0.3 is 0 Å². The molecule has 3 aromatic rings. The molecule has 1 heterocycles. The van der Waals surface area contributed by atoms with E-state index < -0.39 is 0 Å². The maximum Gasteiger partial charge on any atom is 0.237 e. The van der Waals surface area contributed by atoms with Crippen LogP contribution in [0.2, 0.25) is 0 Å². The van der Waals surface area contributed by atoms with Crippen molar-refractivity contribution in [3.05, 3.63) is 59.2 Å². The SMILES string of the molecule is CCc1cccc(C)c1Nc1nnc(SC(C)C(=O)Nc2ccccc2C#N)s1. The van der Waals surface area contributed by atoms with Crippen molar-refractivity contribution in [2.24, 2.45) is 0 Å². The Hall–Kier alpha value is -2.89. The number of amides is 1. The summed E-state index contributed by atoms with van der Waals surface area (Å²) in [6, 6.07) is 15.2. The fourth-order valence-electron chi connectivity index (χ4n) is 2.75. The second-order valence-electron chi connectivity index (χ2n) is 6.37. The van der Waals surface area contributed by atoms with Gasteiger partial charge in [-0.3, -0.25) is 4.79 Å². The average molecular weight is 424 g/mol. The van der Waals surface area contributed by atoms with Crippen LogP contribution in [-0.2, 0) is 11.2 Å². The molecule has 1 aromatic heterocycles. The number of thioether (sulfide) groups is 1. The summed E-state index contributed by atoms with van der Waals surface area (Å²) in [5.41, 5.74) is 4.38. The Labute approximate surface area is 178 Å². The molecule has 29 heavy (non-hydrogen) atoms. The number of rotatable bonds is 7. The largest absolute Gasteiger partial charge is 0.330 e. The second-order valence-corrected chi connectivity index (χ2v) is 8.93. The van der Waals surface area contributed by atoms with Crippen molar-refractivity contribution in [2.45, 2.75) is 36.8 Å². The minimum atomic E-state index is -0.382. The molecule has 0 saturated heterocycles. The fourth-order valence-corrected chi connectivity index (χ4v) is 4.65. The fraction of sp³-hybridized carbons (Fsp3) is 0.238. The maximum absolute atomic E-state index is 12.5. The van der Waals surface area contributed by atoms with Gasteiger partial charge in [0.05, 0.1) is 16.5 Å². The van der Waals surface area contributed by atoms with Gasteiger partial charge in [-0.1, -0.05) is 60.4 Å². The van der Waals surface area contributed by atoms with Crippen LogP contribution in [0.1, 0.15) is 30.5 Å². The van der Waals surface area contributed by atoms with Gasteiger partial charge in [0, 0.05) is 5.69 Å². The first kappa shape index (κ1) is 20.8. The highest BCUT2D eigenvalue weighted by Gasteiger charge is 2.19. The molecule has 0 aliphatic rings. The lowest BCUT2D eigenvalue weighted by atomic mass is 10.1. The van der Waals surface area contributed by atoms with E-state index in [4.69, 9.17) is 5.26 Å². The minimum absolute atomic E-state index is 0.186. The zero-order valence-electron chi connectivity index (χ0n) is 16.4. The van der Waals surface area contributed by atoms with Crippen LogP contribution < -0.4 is 10.6 Å². The maximum atomic E-state index is 12.5. The molecule has 0 radical (unpaired) electrons. The third-order valence-corrected chi connectivity index (χ3v) is 6.35. The first-order valence-corrected chi connectivity index (χ1v) is 10.9. The van der Waals surface area contributed by atoms with E-state index in [0.717, 1.165) is 17.7 Å². The molecule has 0 fully saturated rings. The van der Waals surface area contributed by atoms with Crippen molar-refractivity contribution in [2.75, 3.05) is 10.6 Å². The van der Waals surface area contributed by atoms with E-state index in [-0.39, 0.29) is 11.2 Å². The van der Waals surface area contributed by atoms with Crippen LogP contribution in [0.4, 0.5) is 16.5 Å². The van der Waals surface area contributed by atoms with Crippen LogP contribution in [0.15, 0.2) is 46.8 Å². The van der Waals surface area contributed by atoms with Gasteiger partial charge in [-0.2, -0.15) is 5.26 Å². The van der Waals surface area contributed by atoms with Gasteiger partial charge in [-0.25, -0.2) is 0 Å². The van der Waals surface area contributed by atoms with E-state index in [0.29, 0.717) is 20.7 Å². The molecule has 3 rings (SSSR count). The highest BCUT2D eigenvalue weighted by molar-refractivity contribution is 8.02. The number of nitrogens with one attached hydrogen (secondary N) is 2. The Bertz CT molecular complexity index is 1060. The summed E-state index contributed by atoms with van der Waals surface area (Å²) in [4.78, 5) is 12.5. The summed E-state index contributed by atoms with van der Waals surface area (Å²) >= 11 is 2.75. The minimum Gasteiger partial charge on any atom is -0.330 e. The van der Waals surface area contributed by atoms with Crippen LogP contribution >= 0.6 is 23.1 Å². The zero-order chi connectivity index (χ0) is 20.8. The first-order chi connectivity index (χ1) is 14.0. The number of carbonyl (C=O) groups excluding carboxylic acids is 1. The number of para-hydroxylation sites is 2. The molecule has 1 atom stereocenters. The Balaban J connectivity index is 1.65. The highest BCUT2D eigenvalue weighted by atomic mass is 32.2. The van der Waals surface area contributed by atoms with Crippen LogP contribution in [0.5, 0.6) is 0 Å². The lowest BCUT2D eigenvalue weighted by Crippen LogP contribution is -2.22. The Morgan fingerprint density at radius 3 is 2.79 bits per heavy atom. The molecule has 0 spiro atoms. The van der Waals surface area contributed by atoms with E-state index in [2.05, 4.69) is 52.9 Å². The first-order valence-electron chi connectivity index (χ1n) is 9.17. The molecule has 0 aliphatic carbocycles. The number of anilines is 3. The number of carbonyl (C=O) groups is 1. The van der Waals surface area contributed by atoms with Gasteiger partial charge < -0.3 is 10.6 Å². The quantitative estimate of drug-likeness (QED) is 0.511. The number of hydrogen-bond acceptors (Lipinski definition) is 7. The molecule has 1 amide bonds. The Kier molecular flexibility index (Phi) is 6.86. The molecule has 6 nitrogen and oxygen atoms in total. The van der Waals surface area contributed by atoms with E-state index >= 15 is 0 Å². The zero-order valence-corrected chi connectivity index (χ0v) is 18.0. The number of aromatic nitrogens is 2. The van der Waals surface area contributed by atoms with Gasteiger partial charge in [-0.05, 0) is 43.5 Å². The molecule has 1 unspecified atom stereocenters. The summed E-state index contributed by atoms with van der Waals surface area (Å²) in [5.74, 6) is -0.186. The number of hydrogen-bond donors (Lipinski definition) is 2. The van der Waals surface area contributed by atoms with Crippen LogP contribution in [0.3, 0.4) is 0 Å². The summed E-state index contributed by atoms with van der Waals surface area (Å²) < 4.78 is 0.704. The smallest absolute Gasteiger partial charge is 0.237 e. The van der Waals surface area contributed by atoms with Crippen LogP contribution in [0.25, 0.3) is 0 Å². The van der Waals surface area contributed by atoms with Gasteiger partial charge in [0.15, 0.2) is 4.34 Å². The van der Waals surface area contributed by atoms with E-state index in [1.807, 2.05) is 6.07 Å². The van der Waals surface area contributed by atoms with Crippen molar-refractivity contribution in [3.8, 4) is 6.07 Å². The normalized spacial score (nSPS) is 11.5. The lowest BCUT2D eigenvalue weighted by Gasteiger charge is -2.11. The summed E-state index contributed by atoms with van der Waals surface area (Å²) in [5, 5.41) is 24.1. The van der Waals surface area contributed by atoms with E-state index in [9.17, 15) is 4.79 Å². The number of nitriles is 1. The molecule has 2 N–H and O–H groups in total. The van der Waals surface area contributed by atoms with E-state index in [1.54, 1.807) is 31.2 Å². The van der Waals surface area contributed by atoms with Gasteiger partial charge in [0.25, 0.3) is 0 Å². The molecular formula is C21H21N5OS2.